The third kappa shape index (κ3) is 10.7. The molecule has 0 radical (unpaired) electrons. The molecular formula is C16H30N4O6S2. The van der Waals surface area contributed by atoms with Crippen LogP contribution in [0.5, 0.6) is 0 Å². The Bertz CT molecular complexity index is 535. The van der Waals surface area contributed by atoms with E-state index in [0.717, 1.165) is 0 Å². The van der Waals surface area contributed by atoms with E-state index in [9.17, 15) is 24.3 Å². The highest BCUT2D eigenvalue weighted by Gasteiger charge is 2.26. The van der Waals surface area contributed by atoms with Gasteiger partial charge in [-0.25, -0.2) is 4.79 Å². The number of amides is 3. The standard InChI is InChI=1S/C16H30N4O6S2/c1-9(21)13(17)15(24)20-10(4-6-27-2)14(23)18-8-12(22)19-11(16(25)26)5-7-28-3/h9-11,13,21H,4-8,17H2,1-3H3,(H,18,23)(H,19,22)(H,20,24)(H,25,26). The molecule has 0 rings (SSSR count). The molecule has 7 N–H and O–H groups in total. The number of nitrogens with two attached hydrogens (primary N) is 1. The van der Waals surface area contributed by atoms with E-state index in [1.54, 1.807) is 0 Å². The van der Waals surface area contributed by atoms with Gasteiger partial charge in [0.2, 0.25) is 17.7 Å². The van der Waals surface area contributed by atoms with Gasteiger partial charge in [-0.15, -0.1) is 0 Å². The van der Waals surface area contributed by atoms with Gasteiger partial charge in [0.05, 0.1) is 12.6 Å². The maximum Gasteiger partial charge on any atom is 0.326 e. The van der Waals surface area contributed by atoms with Gasteiger partial charge in [-0.3, -0.25) is 14.4 Å². The van der Waals surface area contributed by atoms with Gasteiger partial charge < -0.3 is 31.9 Å². The number of hydrogen-bond donors (Lipinski definition) is 6. The Labute approximate surface area is 173 Å². The van der Waals surface area contributed by atoms with Crippen LogP contribution in [0.4, 0.5) is 0 Å². The van der Waals surface area contributed by atoms with Crippen molar-refractivity contribution in [3.05, 3.63) is 0 Å². The number of carboxylic acids is 1. The molecule has 3 amide bonds. The minimum absolute atomic E-state index is 0.264. The molecule has 162 valence electrons. The first kappa shape index (κ1) is 26.5. The molecule has 0 fully saturated rings. The van der Waals surface area contributed by atoms with Crippen molar-refractivity contribution in [3.8, 4) is 0 Å². The molecule has 0 spiro atoms. The smallest absolute Gasteiger partial charge is 0.326 e. The van der Waals surface area contributed by atoms with Crippen LogP contribution in [-0.4, -0.2) is 88.7 Å². The third-order valence-corrected chi connectivity index (χ3v) is 5.02. The molecule has 0 heterocycles. The summed E-state index contributed by atoms with van der Waals surface area (Å²) in [5.41, 5.74) is 5.56. The Morgan fingerprint density at radius 2 is 1.50 bits per heavy atom. The van der Waals surface area contributed by atoms with E-state index in [4.69, 9.17) is 10.8 Å². The minimum Gasteiger partial charge on any atom is -0.480 e. The molecule has 0 aliphatic heterocycles. The fourth-order valence-corrected chi connectivity index (χ4v) is 2.96. The molecule has 10 nitrogen and oxygen atoms in total. The quantitative estimate of drug-likeness (QED) is 0.186. The van der Waals surface area contributed by atoms with Gasteiger partial charge in [0.15, 0.2) is 0 Å². The average Bonchev–Trinajstić information content (AvgIpc) is 2.65. The average molecular weight is 439 g/mol. The lowest BCUT2D eigenvalue weighted by molar-refractivity contribution is -0.141. The number of carbonyl (C=O) groups is 4. The van der Waals surface area contributed by atoms with E-state index < -0.39 is 54.5 Å². The molecule has 0 bridgehead atoms. The molecule has 4 unspecified atom stereocenters. The fourth-order valence-electron chi connectivity index (χ4n) is 2.02. The first-order valence-electron chi connectivity index (χ1n) is 8.65. The number of carboxylic acid groups (broad SMARTS) is 1. The number of aliphatic hydroxyl groups is 1. The first-order valence-corrected chi connectivity index (χ1v) is 11.4. The maximum atomic E-state index is 12.3. The zero-order valence-corrected chi connectivity index (χ0v) is 17.9. The van der Waals surface area contributed by atoms with Gasteiger partial charge in [-0.05, 0) is 43.8 Å². The van der Waals surface area contributed by atoms with Gasteiger partial charge in [-0.2, -0.15) is 23.5 Å². The second-order valence-corrected chi connectivity index (χ2v) is 8.04. The zero-order valence-electron chi connectivity index (χ0n) is 16.3. The second-order valence-electron chi connectivity index (χ2n) is 6.07. The molecule has 28 heavy (non-hydrogen) atoms. The Balaban J connectivity index is 4.73. The van der Waals surface area contributed by atoms with E-state index >= 15 is 0 Å². The summed E-state index contributed by atoms with van der Waals surface area (Å²) in [6, 6.07) is -3.14. The lowest BCUT2D eigenvalue weighted by Crippen LogP contribution is -2.55. The van der Waals surface area contributed by atoms with Crippen LogP contribution in [0.3, 0.4) is 0 Å². The summed E-state index contributed by atoms with van der Waals surface area (Å²) in [6.45, 7) is 0.942. The monoisotopic (exact) mass is 438 g/mol. The summed E-state index contributed by atoms with van der Waals surface area (Å²) in [6.07, 6.45) is 3.15. The molecule has 0 saturated carbocycles. The highest BCUT2D eigenvalue weighted by molar-refractivity contribution is 7.98. The van der Waals surface area contributed by atoms with Crippen molar-refractivity contribution < 1.29 is 29.4 Å². The van der Waals surface area contributed by atoms with Crippen LogP contribution in [-0.2, 0) is 19.2 Å². The number of hydrogen-bond acceptors (Lipinski definition) is 8. The Kier molecular flexibility index (Phi) is 13.7. The number of aliphatic carboxylic acids is 1. The molecule has 0 saturated heterocycles. The normalized spacial score (nSPS) is 15.0. The van der Waals surface area contributed by atoms with E-state index in [1.165, 1.54) is 30.4 Å². The molecule has 0 aliphatic rings. The van der Waals surface area contributed by atoms with Crippen LogP contribution < -0.4 is 21.7 Å². The molecule has 0 aliphatic carbocycles. The van der Waals surface area contributed by atoms with Gasteiger partial charge in [0, 0.05) is 0 Å². The van der Waals surface area contributed by atoms with E-state index in [2.05, 4.69) is 16.0 Å². The van der Waals surface area contributed by atoms with Crippen molar-refractivity contribution in [1.29, 1.82) is 0 Å². The summed E-state index contributed by atoms with van der Waals surface area (Å²) in [5.74, 6) is -1.92. The molecule has 0 aromatic heterocycles. The van der Waals surface area contributed by atoms with Crippen molar-refractivity contribution in [1.82, 2.24) is 16.0 Å². The van der Waals surface area contributed by atoms with Gasteiger partial charge in [0.1, 0.15) is 18.1 Å². The van der Waals surface area contributed by atoms with Gasteiger partial charge in [0.25, 0.3) is 0 Å². The molecule has 12 heteroatoms. The third-order valence-electron chi connectivity index (χ3n) is 3.73. The highest BCUT2D eigenvalue weighted by atomic mass is 32.2. The molecular weight excluding hydrogens is 408 g/mol. The van der Waals surface area contributed by atoms with Gasteiger partial charge >= 0.3 is 5.97 Å². The topological polar surface area (TPSA) is 171 Å². The maximum absolute atomic E-state index is 12.3. The summed E-state index contributed by atoms with van der Waals surface area (Å²) >= 11 is 2.93. The number of rotatable bonds is 14. The van der Waals surface area contributed by atoms with Crippen molar-refractivity contribution in [2.75, 3.05) is 30.6 Å². The Morgan fingerprint density at radius 3 is 1.96 bits per heavy atom. The largest absolute Gasteiger partial charge is 0.480 e. The predicted molar refractivity (Wildman–Crippen MR) is 110 cm³/mol. The number of carbonyl (C=O) groups excluding carboxylic acids is 3. The number of nitrogens with one attached hydrogen (secondary N) is 3. The second kappa shape index (κ2) is 14.5. The SMILES string of the molecule is CSCCC(NC(=O)CNC(=O)C(CCSC)NC(=O)C(N)C(C)O)C(=O)O. The van der Waals surface area contributed by atoms with Gasteiger partial charge in [-0.1, -0.05) is 0 Å². The lowest BCUT2D eigenvalue weighted by Gasteiger charge is -2.21. The highest BCUT2D eigenvalue weighted by Crippen LogP contribution is 2.03. The first-order chi connectivity index (χ1) is 13.1. The summed E-state index contributed by atoms with van der Waals surface area (Å²) in [5, 5.41) is 25.7. The van der Waals surface area contributed by atoms with E-state index in [0.29, 0.717) is 17.9 Å². The predicted octanol–water partition coefficient (Wildman–Crippen LogP) is -1.63. The van der Waals surface area contributed by atoms with Crippen LogP contribution >= 0.6 is 23.5 Å². The summed E-state index contributed by atoms with van der Waals surface area (Å²) in [7, 11) is 0. The van der Waals surface area contributed by atoms with Crippen LogP contribution in [0.2, 0.25) is 0 Å². The Morgan fingerprint density at radius 1 is 0.964 bits per heavy atom. The summed E-state index contributed by atoms with van der Waals surface area (Å²) < 4.78 is 0. The fraction of sp³-hybridized carbons (Fsp3) is 0.750. The molecule has 0 aromatic rings. The minimum atomic E-state index is -1.18. The number of aliphatic hydroxyl groups excluding tert-OH is 1. The van der Waals surface area contributed by atoms with Crippen molar-refractivity contribution in [3.63, 3.8) is 0 Å². The van der Waals surface area contributed by atoms with Crippen LogP contribution in [0.25, 0.3) is 0 Å². The van der Waals surface area contributed by atoms with Crippen molar-refractivity contribution in [2.45, 2.75) is 44.0 Å². The van der Waals surface area contributed by atoms with Crippen LogP contribution in [0, 0.1) is 0 Å². The van der Waals surface area contributed by atoms with Crippen molar-refractivity contribution in [2.24, 2.45) is 5.73 Å². The van der Waals surface area contributed by atoms with E-state index in [-0.39, 0.29) is 6.42 Å². The Hall–Kier alpha value is -1.50. The van der Waals surface area contributed by atoms with Crippen LogP contribution in [0.15, 0.2) is 0 Å². The number of thioether (sulfide) groups is 2. The zero-order chi connectivity index (χ0) is 21.7. The summed E-state index contributed by atoms with van der Waals surface area (Å²) in [4.78, 5) is 47.4. The van der Waals surface area contributed by atoms with E-state index in [1.807, 2.05) is 12.5 Å². The molecule has 4 atom stereocenters. The molecule has 0 aromatic carbocycles. The lowest BCUT2D eigenvalue weighted by atomic mass is 10.1. The van der Waals surface area contributed by atoms with Crippen LogP contribution in [0.1, 0.15) is 19.8 Å². The van der Waals surface area contributed by atoms with Crippen molar-refractivity contribution >= 4 is 47.2 Å².